The van der Waals surface area contributed by atoms with E-state index in [0.717, 1.165) is 12.1 Å². The third-order valence-electron chi connectivity index (χ3n) is 3.01. The average molecular weight is 333 g/mol. The molecule has 2 amide bonds. The number of carbonyl (C=O) groups excluding carboxylic acids is 2. The number of nitrogens with zero attached hydrogens (tertiary/aromatic N) is 1. The van der Waals surface area contributed by atoms with E-state index in [2.05, 4.69) is 22.7 Å². The number of benzene rings is 1. The molecule has 0 atom stereocenters. The van der Waals surface area contributed by atoms with E-state index in [0.29, 0.717) is 11.6 Å². The highest BCUT2D eigenvalue weighted by Gasteiger charge is 2.08. The fourth-order valence-corrected chi connectivity index (χ4v) is 2.48. The Hall–Kier alpha value is -2.28. The van der Waals surface area contributed by atoms with Gasteiger partial charge in [-0.2, -0.15) is 0 Å². The fraction of sp³-hybridized carbons (Fsp3) is 0.312. The van der Waals surface area contributed by atoms with Gasteiger partial charge in [0, 0.05) is 11.8 Å². The molecule has 0 saturated carbocycles. The van der Waals surface area contributed by atoms with E-state index in [-0.39, 0.29) is 23.3 Å². The minimum atomic E-state index is -0.219. The first-order valence-corrected chi connectivity index (χ1v) is 8.42. The van der Waals surface area contributed by atoms with Crippen molar-refractivity contribution in [2.75, 3.05) is 22.1 Å². The topological polar surface area (TPSA) is 84.2 Å². The number of aromatic nitrogens is 1. The van der Waals surface area contributed by atoms with Gasteiger partial charge in [-0.25, -0.2) is 0 Å². The number of carbonyl (C=O) groups is 2. The molecule has 23 heavy (non-hydrogen) atoms. The minimum absolute atomic E-state index is 0.135. The first kappa shape index (κ1) is 17.1. The molecule has 122 valence electrons. The summed E-state index contributed by atoms with van der Waals surface area (Å²) < 4.78 is 4.86. The maximum Gasteiger partial charge on any atom is 0.235 e. The van der Waals surface area contributed by atoms with Crippen LogP contribution in [0.5, 0.6) is 0 Å². The highest BCUT2D eigenvalue weighted by atomic mass is 32.2. The number of hydrogen-bond donors (Lipinski definition) is 2. The van der Waals surface area contributed by atoms with Crippen molar-refractivity contribution in [3.05, 3.63) is 41.7 Å². The van der Waals surface area contributed by atoms with Gasteiger partial charge in [-0.05, 0) is 31.0 Å². The summed E-state index contributed by atoms with van der Waals surface area (Å²) in [5.41, 5.74) is 1.98. The second-order valence-electron chi connectivity index (χ2n) is 4.96. The second kappa shape index (κ2) is 8.38. The molecule has 6 nitrogen and oxygen atoms in total. The first-order valence-electron chi connectivity index (χ1n) is 7.26. The summed E-state index contributed by atoms with van der Waals surface area (Å²) in [6.45, 7) is 3.82. The van der Waals surface area contributed by atoms with Crippen LogP contribution in [0.1, 0.15) is 18.2 Å². The number of anilines is 2. The third kappa shape index (κ3) is 5.78. The van der Waals surface area contributed by atoms with Crippen LogP contribution in [-0.4, -0.2) is 28.5 Å². The maximum absolute atomic E-state index is 11.8. The van der Waals surface area contributed by atoms with E-state index >= 15 is 0 Å². The molecule has 1 heterocycles. The monoisotopic (exact) mass is 333 g/mol. The van der Waals surface area contributed by atoms with Crippen LogP contribution < -0.4 is 10.6 Å². The zero-order valence-corrected chi connectivity index (χ0v) is 13.9. The Kier molecular flexibility index (Phi) is 6.22. The summed E-state index contributed by atoms with van der Waals surface area (Å²) in [5, 5.41) is 9.08. The van der Waals surface area contributed by atoms with Crippen LogP contribution in [0, 0.1) is 6.92 Å². The molecule has 0 aliphatic carbocycles. The van der Waals surface area contributed by atoms with Gasteiger partial charge in [0.15, 0.2) is 5.82 Å². The Morgan fingerprint density at radius 2 is 1.78 bits per heavy atom. The van der Waals surface area contributed by atoms with Gasteiger partial charge in [0.05, 0.1) is 11.5 Å². The Labute approximate surface area is 139 Å². The largest absolute Gasteiger partial charge is 0.360 e. The first-order chi connectivity index (χ1) is 11.1. The second-order valence-corrected chi connectivity index (χ2v) is 5.95. The van der Waals surface area contributed by atoms with Gasteiger partial charge in [0.2, 0.25) is 11.8 Å². The molecule has 0 aliphatic rings. The lowest BCUT2D eigenvalue weighted by molar-refractivity contribution is -0.114. The molecule has 0 fully saturated rings. The lowest BCUT2D eigenvalue weighted by atomic mass is 10.1. The van der Waals surface area contributed by atoms with Crippen molar-refractivity contribution in [3.63, 3.8) is 0 Å². The summed E-state index contributed by atoms with van der Waals surface area (Å²) >= 11 is 1.24. The third-order valence-corrected chi connectivity index (χ3v) is 3.94. The van der Waals surface area contributed by atoms with E-state index in [9.17, 15) is 9.59 Å². The number of aryl methyl sites for hydroxylation is 2. The molecular formula is C16H19N3O3S. The van der Waals surface area contributed by atoms with E-state index in [1.54, 1.807) is 13.0 Å². The van der Waals surface area contributed by atoms with Crippen LogP contribution in [0.2, 0.25) is 0 Å². The number of hydrogen-bond acceptors (Lipinski definition) is 5. The zero-order chi connectivity index (χ0) is 16.7. The lowest BCUT2D eigenvalue weighted by Crippen LogP contribution is -2.18. The van der Waals surface area contributed by atoms with Gasteiger partial charge in [-0.3, -0.25) is 9.59 Å². The van der Waals surface area contributed by atoms with Gasteiger partial charge in [0.25, 0.3) is 0 Å². The van der Waals surface area contributed by atoms with Gasteiger partial charge in [-0.1, -0.05) is 24.2 Å². The number of thioether (sulfide) groups is 1. The molecule has 1 aromatic carbocycles. The van der Waals surface area contributed by atoms with Crippen LogP contribution in [0.3, 0.4) is 0 Å². The molecule has 7 heteroatoms. The maximum atomic E-state index is 11.8. The molecule has 0 spiro atoms. The van der Waals surface area contributed by atoms with E-state index in [1.807, 2.05) is 24.3 Å². The summed E-state index contributed by atoms with van der Waals surface area (Å²) in [5.74, 6) is 1.04. The molecule has 0 aliphatic heterocycles. The van der Waals surface area contributed by atoms with Crippen molar-refractivity contribution in [1.29, 1.82) is 0 Å². The van der Waals surface area contributed by atoms with Gasteiger partial charge >= 0.3 is 0 Å². The Bertz CT molecular complexity index is 667. The normalized spacial score (nSPS) is 10.3. The van der Waals surface area contributed by atoms with Crippen molar-refractivity contribution < 1.29 is 14.1 Å². The molecule has 0 bridgehead atoms. The molecule has 2 N–H and O–H groups in total. The van der Waals surface area contributed by atoms with E-state index in [1.165, 1.54) is 17.3 Å². The molecule has 2 aromatic rings. The van der Waals surface area contributed by atoms with Crippen molar-refractivity contribution >= 4 is 35.1 Å². The van der Waals surface area contributed by atoms with Gasteiger partial charge < -0.3 is 15.2 Å². The van der Waals surface area contributed by atoms with Gasteiger partial charge in [-0.15, -0.1) is 11.8 Å². The quantitative estimate of drug-likeness (QED) is 0.814. The minimum Gasteiger partial charge on any atom is -0.360 e. The predicted molar refractivity (Wildman–Crippen MR) is 91.6 cm³/mol. The summed E-state index contributed by atoms with van der Waals surface area (Å²) in [4.78, 5) is 23.5. The van der Waals surface area contributed by atoms with E-state index in [4.69, 9.17) is 4.52 Å². The standard InChI is InChI=1S/C16H19N3O3S/c1-3-12-4-6-13(7-5-12)17-15(20)9-23-10-16(21)18-14-8-11(2)22-19-14/h4-8H,3,9-10H2,1-2H3,(H,17,20)(H,18,19,21). The van der Waals surface area contributed by atoms with Crippen molar-refractivity contribution in [3.8, 4) is 0 Å². The molecular weight excluding hydrogens is 314 g/mol. The molecule has 0 saturated heterocycles. The number of nitrogens with one attached hydrogen (secondary N) is 2. The van der Waals surface area contributed by atoms with Crippen LogP contribution in [0.4, 0.5) is 11.5 Å². The van der Waals surface area contributed by atoms with Crippen LogP contribution in [0.25, 0.3) is 0 Å². The van der Waals surface area contributed by atoms with Crippen LogP contribution in [0.15, 0.2) is 34.9 Å². The average Bonchev–Trinajstić information content (AvgIpc) is 2.93. The fourth-order valence-electron chi connectivity index (χ4n) is 1.86. The number of rotatable bonds is 7. The molecule has 2 rings (SSSR count). The molecule has 0 unspecified atom stereocenters. The van der Waals surface area contributed by atoms with Crippen molar-refractivity contribution in [2.24, 2.45) is 0 Å². The summed E-state index contributed by atoms with van der Waals surface area (Å²) in [6.07, 6.45) is 0.963. The van der Waals surface area contributed by atoms with Crippen molar-refractivity contribution in [2.45, 2.75) is 20.3 Å². The van der Waals surface area contributed by atoms with Crippen LogP contribution >= 0.6 is 11.8 Å². The number of amides is 2. The van der Waals surface area contributed by atoms with Crippen LogP contribution in [-0.2, 0) is 16.0 Å². The Morgan fingerprint density at radius 1 is 1.13 bits per heavy atom. The lowest BCUT2D eigenvalue weighted by Gasteiger charge is -2.06. The van der Waals surface area contributed by atoms with Gasteiger partial charge in [0.1, 0.15) is 5.76 Å². The molecule has 0 radical (unpaired) electrons. The smallest absolute Gasteiger partial charge is 0.235 e. The highest BCUT2D eigenvalue weighted by Crippen LogP contribution is 2.11. The van der Waals surface area contributed by atoms with Crippen molar-refractivity contribution in [1.82, 2.24) is 5.16 Å². The SMILES string of the molecule is CCc1ccc(NC(=O)CSCC(=O)Nc2cc(C)on2)cc1. The summed E-state index contributed by atoms with van der Waals surface area (Å²) in [6, 6.07) is 9.35. The van der Waals surface area contributed by atoms with E-state index < -0.39 is 0 Å². The predicted octanol–water partition coefficient (Wildman–Crippen LogP) is 2.86. The Morgan fingerprint density at radius 3 is 2.35 bits per heavy atom. The summed E-state index contributed by atoms with van der Waals surface area (Å²) in [7, 11) is 0. The highest BCUT2D eigenvalue weighted by molar-refractivity contribution is 8.00. The zero-order valence-electron chi connectivity index (χ0n) is 13.1. The molecule has 1 aromatic heterocycles. The Balaban J connectivity index is 1.68.